The van der Waals surface area contributed by atoms with Crippen LogP contribution in [0.5, 0.6) is 0 Å². The molecule has 6 nitrogen and oxygen atoms in total. The number of nitrogens with zero attached hydrogens (tertiary/aromatic N) is 2. The van der Waals surface area contributed by atoms with Gasteiger partial charge in [-0.05, 0) is 12.1 Å². The Labute approximate surface area is 123 Å². The number of rotatable bonds is 4. The summed E-state index contributed by atoms with van der Waals surface area (Å²) in [6.07, 6.45) is 0.885. The number of nitrogens with two attached hydrogens (primary N) is 1. The molecule has 0 bridgehead atoms. The standard InChI is InChI=1S/C13H12BrN3O3/c1-20-13(8-3-2-4-9(14)7-8)17-6-5-10(18)11(16-17)12(15)19/h2-7,13H,1H3,(H2,15,19). The van der Waals surface area contributed by atoms with Gasteiger partial charge in [-0.3, -0.25) is 9.59 Å². The number of halogens is 1. The molecule has 1 amide bonds. The van der Waals surface area contributed by atoms with E-state index in [1.807, 2.05) is 24.3 Å². The summed E-state index contributed by atoms with van der Waals surface area (Å²) in [5.41, 5.74) is 5.11. The first-order valence-corrected chi connectivity index (χ1v) is 6.49. The third-order valence-electron chi connectivity index (χ3n) is 2.66. The van der Waals surface area contributed by atoms with E-state index >= 15 is 0 Å². The monoisotopic (exact) mass is 337 g/mol. The number of hydrogen-bond acceptors (Lipinski definition) is 4. The molecule has 0 saturated heterocycles. The average molecular weight is 338 g/mol. The number of primary amides is 1. The van der Waals surface area contributed by atoms with Gasteiger partial charge in [-0.1, -0.05) is 28.1 Å². The molecule has 0 aliphatic rings. The van der Waals surface area contributed by atoms with Crippen molar-refractivity contribution in [1.29, 1.82) is 0 Å². The van der Waals surface area contributed by atoms with Gasteiger partial charge in [0.05, 0.1) is 0 Å². The summed E-state index contributed by atoms with van der Waals surface area (Å²) >= 11 is 3.37. The van der Waals surface area contributed by atoms with Crippen LogP contribution in [0.15, 0.2) is 45.8 Å². The quantitative estimate of drug-likeness (QED) is 0.910. The lowest BCUT2D eigenvalue weighted by Gasteiger charge is -2.18. The van der Waals surface area contributed by atoms with E-state index in [2.05, 4.69) is 21.0 Å². The smallest absolute Gasteiger partial charge is 0.273 e. The van der Waals surface area contributed by atoms with Gasteiger partial charge in [0.1, 0.15) is 0 Å². The van der Waals surface area contributed by atoms with Crippen LogP contribution >= 0.6 is 15.9 Å². The fraction of sp³-hybridized carbons (Fsp3) is 0.154. The number of carbonyl (C=O) groups excluding carboxylic acids is 1. The molecular formula is C13H12BrN3O3. The molecule has 0 aliphatic carbocycles. The molecule has 0 radical (unpaired) electrons. The molecule has 0 spiro atoms. The Kier molecular flexibility index (Phi) is 4.31. The fourth-order valence-corrected chi connectivity index (χ4v) is 2.20. The Balaban J connectivity index is 2.50. The largest absolute Gasteiger partial charge is 0.364 e. The molecule has 2 rings (SSSR count). The van der Waals surface area contributed by atoms with E-state index in [1.54, 1.807) is 0 Å². The van der Waals surface area contributed by atoms with E-state index in [0.29, 0.717) is 0 Å². The Morgan fingerprint density at radius 2 is 2.20 bits per heavy atom. The third kappa shape index (κ3) is 2.94. The van der Waals surface area contributed by atoms with Crippen molar-refractivity contribution in [3.63, 3.8) is 0 Å². The van der Waals surface area contributed by atoms with Gasteiger partial charge in [-0.25, -0.2) is 4.68 Å². The van der Waals surface area contributed by atoms with Crippen molar-refractivity contribution >= 4 is 21.8 Å². The Bertz CT molecular complexity index is 699. The predicted molar refractivity (Wildman–Crippen MR) is 76.3 cm³/mol. The molecule has 1 aromatic carbocycles. The van der Waals surface area contributed by atoms with Crippen LogP contribution < -0.4 is 11.2 Å². The second-order valence-electron chi connectivity index (χ2n) is 4.02. The van der Waals surface area contributed by atoms with Crippen LogP contribution in [-0.4, -0.2) is 22.8 Å². The number of methoxy groups -OCH3 is 1. The lowest BCUT2D eigenvalue weighted by molar-refractivity contribution is 0.0655. The minimum absolute atomic E-state index is 0.315. The van der Waals surface area contributed by atoms with E-state index < -0.39 is 17.6 Å². The fourth-order valence-electron chi connectivity index (χ4n) is 1.78. The van der Waals surface area contributed by atoms with Crippen molar-refractivity contribution in [2.24, 2.45) is 5.73 Å². The second-order valence-corrected chi connectivity index (χ2v) is 4.93. The first-order chi connectivity index (χ1) is 9.52. The van der Waals surface area contributed by atoms with Gasteiger partial charge in [0, 0.05) is 29.4 Å². The van der Waals surface area contributed by atoms with Crippen LogP contribution in [0, 0.1) is 0 Å². The van der Waals surface area contributed by atoms with E-state index in [-0.39, 0.29) is 5.69 Å². The van der Waals surface area contributed by atoms with Crippen LogP contribution in [-0.2, 0) is 4.74 Å². The molecule has 0 saturated carbocycles. The zero-order chi connectivity index (χ0) is 14.7. The third-order valence-corrected chi connectivity index (χ3v) is 3.15. The zero-order valence-corrected chi connectivity index (χ0v) is 12.2. The van der Waals surface area contributed by atoms with Gasteiger partial charge < -0.3 is 10.5 Å². The van der Waals surface area contributed by atoms with Crippen LogP contribution in [0.3, 0.4) is 0 Å². The van der Waals surface area contributed by atoms with Crippen LogP contribution in [0.1, 0.15) is 22.3 Å². The summed E-state index contributed by atoms with van der Waals surface area (Å²) in [4.78, 5) is 22.7. The highest BCUT2D eigenvalue weighted by Crippen LogP contribution is 2.21. The maximum atomic E-state index is 11.5. The molecule has 1 atom stereocenters. The molecule has 7 heteroatoms. The lowest BCUT2D eigenvalue weighted by Crippen LogP contribution is -2.28. The lowest BCUT2D eigenvalue weighted by atomic mass is 10.2. The van der Waals surface area contributed by atoms with Gasteiger partial charge in [0.15, 0.2) is 11.9 Å². The topological polar surface area (TPSA) is 87.2 Å². The highest BCUT2D eigenvalue weighted by Gasteiger charge is 2.16. The highest BCUT2D eigenvalue weighted by atomic mass is 79.9. The molecule has 1 unspecified atom stereocenters. The predicted octanol–water partition coefficient (Wildman–Crippen LogP) is 1.30. The molecule has 1 heterocycles. The van der Waals surface area contributed by atoms with Crippen LogP contribution in [0.25, 0.3) is 0 Å². The normalized spacial score (nSPS) is 12.1. The molecule has 0 aliphatic heterocycles. The maximum absolute atomic E-state index is 11.5. The minimum Gasteiger partial charge on any atom is -0.364 e. The van der Waals surface area contributed by atoms with Crippen molar-refractivity contribution in [1.82, 2.24) is 9.78 Å². The number of carbonyl (C=O) groups is 1. The Hall–Kier alpha value is -1.99. The first-order valence-electron chi connectivity index (χ1n) is 5.70. The van der Waals surface area contributed by atoms with E-state index in [0.717, 1.165) is 10.0 Å². The summed E-state index contributed by atoms with van der Waals surface area (Å²) in [5.74, 6) is -0.867. The second kappa shape index (κ2) is 5.98. The van der Waals surface area contributed by atoms with Gasteiger partial charge >= 0.3 is 0 Å². The number of benzene rings is 1. The molecule has 1 aromatic heterocycles. The van der Waals surface area contributed by atoms with Gasteiger partial charge in [0.2, 0.25) is 5.43 Å². The first kappa shape index (κ1) is 14.4. The van der Waals surface area contributed by atoms with Crippen molar-refractivity contribution in [3.05, 3.63) is 62.5 Å². The van der Waals surface area contributed by atoms with Gasteiger partial charge in [0.25, 0.3) is 5.91 Å². The van der Waals surface area contributed by atoms with E-state index in [1.165, 1.54) is 24.1 Å². The molecule has 2 aromatic rings. The van der Waals surface area contributed by atoms with Crippen LogP contribution in [0.4, 0.5) is 0 Å². The summed E-state index contributed by atoms with van der Waals surface area (Å²) in [7, 11) is 1.51. The molecule has 104 valence electrons. The van der Waals surface area contributed by atoms with Crippen molar-refractivity contribution in [2.75, 3.05) is 7.11 Å². The van der Waals surface area contributed by atoms with Crippen molar-refractivity contribution in [2.45, 2.75) is 6.23 Å². The van der Waals surface area contributed by atoms with Crippen LogP contribution in [0.2, 0.25) is 0 Å². The Morgan fingerprint density at radius 1 is 1.45 bits per heavy atom. The number of hydrogen-bond donors (Lipinski definition) is 1. The van der Waals surface area contributed by atoms with Crippen molar-refractivity contribution < 1.29 is 9.53 Å². The maximum Gasteiger partial charge on any atom is 0.273 e. The molecular weight excluding hydrogens is 326 g/mol. The van der Waals surface area contributed by atoms with E-state index in [9.17, 15) is 9.59 Å². The SMILES string of the molecule is COC(c1cccc(Br)c1)n1ccc(=O)c(C(N)=O)n1. The minimum atomic E-state index is -0.867. The average Bonchev–Trinajstić information content (AvgIpc) is 2.41. The summed E-state index contributed by atoms with van der Waals surface area (Å²) in [6.45, 7) is 0. The Morgan fingerprint density at radius 3 is 2.80 bits per heavy atom. The van der Waals surface area contributed by atoms with Gasteiger partial charge in [-0.2, -0.15) is 5.10 Å². The summed E-state index contributed by atoms with van der Waals surface area (Å²) < 4.78 is 7.64. The van der Waals surface area contributed by atoms with Crippen molar-refractivity contribution in [3.8, 4) is 0 Å². The number of amides is 1. The number of aromatic nitrogens is 2. The molecule has 2 N–H and O–H groups in total. The highest BCUT2D eigenvalue weighted by molar-refractivity contribution is 9.10. The van der Waals surface area contributed by atoms with E-state index in [4.69, 9.17) is 10.5 Å². The summed E-state index contributed by atoms with van der Waals surface area (Å²) in [5, 5.41) is 3.94. The zero-order valence-electron chi connectivity index (χ0n) is 10.6. The van der Waals surface area contributed by atoms with Gasteiger partial charge in [-0.15, -0.1) is 0 Å². The molecule has 0 fully saturated rings. The number of ether oxygens (including phenoxy) is 1. The molecule has 20 heavy (non-hydrogen) atoms. The summed E-state index contributed by atoms with van der Waals surface area (Å²) in [6, 6.07) is 8.67.